The topological polar surface area (TPSA) is 77.8 Å². The van der Waals surface area contributed by atoms with Gasteiger partial charge >= 0.3 is 5.97 Å². The molecular formula is C15H24O4. The molecule has 3 N–H and O–H groups in total. The fourth-order valence-electron chi connectivity index (χ4n) is 5.42. The largest absolute Gasteiger partial charge is 0.479 e. The standard InChI is InChI=1S/C15H24O4/c1-14(2,18)15(19,13(16)17)12-10-4-8-3-9(6-10)7-11(12)5-8/h8-12,18-19H,3-7H2,1-2H3,(H,16,17). The lowest BCUT2D eigenvalue weighted by molar-refractivity contribution is -0.229. The molecule has 4 fully saturated rings. The van der Waals surface area contributed by atoms with E-state index in [1.807, 2.05) is 0 Å². The minimum Gasteiger partial charge on any atom is -0.479 e. The zero-order valence-electron chi connectivity index (χ0n) is 11.7. The number of aliphatic hydroxyl groups is 2. The quantitative estimate of drug-likeness (QED) is 0.727. The molecule has 1 atom stereocenters. The molecule has 4 bridgehead atoms. The first-order chi connectivity index (χ1) is 8.73. The van der Waals surface area contributed by atoms with Gasteiger partial charge in [0.05, 0.1) is 5.60 Å². The smallest absolute Gasteiger partial charge is 0.339 e. The maximum atomic E-state index is 11.7. The van der Waals surface area contributed by atoms with Crippen LogP contribution in [-0.2, 0) is 4.79 Å². The third-order valence-electron chi connectivity index (χ3n) is 5.97. The second-order valence-corrected chi connectivity index (χ2v) is 7.59. The van der Waals surface area contributed by atoms with Crippen molar-refractivity contribution in [3.05, 3.63) is 0 Å². The molecule has 0 aliphatic heterocycles. The number of hydrogen-bond acceptors (Lipinski definition) is 3. The average Bonchev–Trinajstić information content (AvgIpc) is 2.24. The van der Waals surface area contributed by atoms with Crippen LogP contribution in [0.1, 0.15) is 46.0 Å². The summed E-state index contributed by atoms with van der Waals surface area (Å²) >= 11 is 0. The van der Waals surface area contributed by atoms with Crippen molar-refractivity contribution in [3.63, 3.8) is 0 Å². The first kappa shape index (κ1) is 13.4. The lowest BCUT2D eigenvalue weighted by atomic mass is 9.47. The van der Waals surface area contributed by atoms with Crippen LogP contribution in [0.2, 0.25) is 0 Å². The molecule has 0 heterocycles. The molecule has 4 saturated carbocycles. The highest BCUT2D eigenvalue weighted by Gasteiger charge is 2.63. The van der Waals surface area contributed by atoms with Gasteiger partial charge in [-0.05, 0) is 69.6 Å². The van der Waals surface area contributed by atoms with Crippen LogP contribution in [-0.4, -0.2) is 32.5 Å². The number of hydrogen-bond donors (Lipinski definition) is 3. The zero-order valence-corrected chi connectivity index (χ0v) is 11.7. The van der Waals surface area contributed by atoms with Crippen LogP contribution in [0.15, 0.2) is 0 Å². The highest BCUT2D eigenvalue weighted by molar-refractivity contribution is 5.79. The van der Waals surface area contributed by atoms with Crippen LogP contribution in [0.3, 0.4) is 0 Å². The van der Waals surface area contributed by atoms with E-state index in [-0.39, 0.29) is 17.8 Å². The summed E-state index contributed by atoms with van der Waals surface area (Å²) in [6.07, 6.45) is 5.41. The third-order valence-corrected chi connectivity index (χ3v) is 5.97. The van der Waals surface area contributed by atoms with Crippen LogP contribution in [0.25, 0.3) is 0 Å². The van der Waals surface area contributed by atoms with Crippen molar-refractivity contribution < 1.29 is 20.1 Å². The normalized spacial score (nSPS) is 44.1. The van der Waals surface area contributed by atoms with E-state index in [2.05, 4.69) is 0 Å². The lowest BCUT2D eigenvalue weighted by Gasteiger charge is -2.59. The van der Waals surface area contributed by atoms with Gasteiger partial charge in [0.15, 0.2) is 5.60 Å². The van der Waals surface area contributed by atoms with Gasteiger partial charge < -0.3 is 15.3 Å². The molecule has 19 heavy (non-hydrogen) atoms. The van der Waals surface area contributed by atoms with Gasteiger partial charge in [-0.1, -0.05) is 0 Å². The Morgan fingerprint density at radius 1 is 0.947 bits per heavy atom. The molecule has 0 aromatic rings. The fourth-order valence-corrected chi connectivity index (χ4v) is 5.42. The van der Waals surface area contributed by atoms with Gasteiger partial charge in [-0.25, -0.2) is 4.79 Å². The second kappa shape index (κ2) is 3.95. The Labute approximate surface area is 113 Å². The summed E-state index contributed by atoms with van der Waals surface area (Å²) in [4.78, 5) is 11.7. The van der Waals surface area contributed by atoms with Gasteiger partial charge in [0, 0.05) is 5.92 Å². The highest BCUT2D eigenvalue weighted by atomic mass is 16.4. The first-order valence-electron chi connectivity index (χ1n) is 7.41. The average molecular weight is 268 g/mol. The van der Waals surface area contributed by atoms with Crippen molar-refractivity contribution in [3.8, 4) is 0 Å². The Morgan fingerprint density at radius 2 is 1.37 bits per heavy atom. The number of carboxylic acid groups (broad SMARTS) is 1. The predicted octanol–water partition coefficient (Wildman–Crippen LogP) is 1.65. The maximum Gasteiger partial charge on any atom is 0.339 e. The van der Waals surface area contributed by atoms with E-state index >= 15 is 0 Å². The number of rotatable bonds is 3. The van der Waals surface area contributed by atoms with E-state index in [0.717, 1.165) is 37.5 Å². The summed E-state index contributed by atoms with van der Waals surface area (Å²) in [5.41, 5.74) is -3.63. The Morgan fingerprint density at radius 3 is 1.68 bits per heavy atom. The van der Waals surface area contributed by atoms with Crippen molar-refractivity contribution in [2.24, 2.45) is 29.6 Å². The molecule has 0 aromatic heterocycles. The molecule has 4 aliphatic rings. The molecule has 4 heteroatoms. The van der Waals surface area contributed by atoms with E-state index in [9.17, 15) is 20.1 Å². The molecule has 0 spiro atoms. The summed E-state index contributed by atoms with van der Waals surface area (Å²) in [6.45, 7) is 2.85. The number of carbonyl (C=O) groups is 1. The monoisotopic (exact) mass is 268 g/mol. The van der Waals surface area contributed by atoms with E-state index in [0.29, 0.717) is 0 Å². The first-order valence-corrected chi connectivity index (χ1v) is 7.41. The molecular weight excluding hydrogens is 244 g/mol. The Kier molecular flexibility index (Phi) is 2.78. The Balaban J connectivity index is 1.98. The SMILES string of the molecule is CC(C)(O)C(O)(C(=O)O)C1C2CC3CC(C2)CC1C3. The molecule has 4 aliphatic carbocycles. The lowest BCUT2D eigenvalue weighted by Crippen LogP contribution is -2.67. The van der Waals surface area contributed by atoms with Gasteiger partial charge in [-0.2, -0.15) is 0 Å². The molecule has 0 radical (unpaired) electrons. The van der Waals surface area contributed by atoms with Gasteiger partial charge in [0.1, 0.15) is 0 Å². The van der Waals surface area contributed by atoms with Gasteiger partial charge in [-0.3, -0.25) is 0 Å². The van der Waals surface area contributed by atoms with E-state index in [4.69, 9.17) is 0 Å². The summed E-state index contributed by atoms with van der Waals surface area (Å²) in [5, 5.41) is 30.6. The van der Waals surface area contributed by atoms with Gasteiger partial charge in [-0.15, -0.1) is 0 Å². The Bertz CT molecular complexity index is 369. The highest BCUT2D eigenvalue weighted by Crippen LogP contribution is 2.60. The predicted molar refractivity (Wildman–Crippen MR) is 69.4 cm³/mol. The number of aliphatic carboxylic acids is 1. The maximum absolute atomic E-state index is 11.7. The van der Waals surface area contributed by atoms with Crippen molar-refractivity contribution in [1.82, 2.24) is 0 Å². The van der Waals surface area contributed by atoms with E-state index in [1.165, 1.54) is 20.3 Å². The van der Waals surface area contributed by atoms with E-state index < -0.39 is 17.2 Å². The van der Waals surface area contributed by atoms with Crippen molar-refractivity contribution in [2.75, 3.05) is 0 Å². The summed E-state index contributed by atoms with van der Waals surface area (Å²) in [5.74, 6) is 0.417. The third kappa shape index (κ3) is 1.76. The van der Waals surface area contributed by atoms with Crippen LogP contribution < -0.4 is 0 Å². The minimum absolute atomic E-state index is 0.267. The molecule has 4 nitrogen and oxygen atoms in total. The molecule has 108 valence electrons. The van der Waals surface area contributed by atoms with Crippen molar-refractivity contribution in [1.29, 1.82) is 0 Å². The van der Waals surface area contributed by atoms with Crippen molar-refractivity contribution >= 4 is 5.97 Å². The zero-order chi connectivity index (χ0) is 14.0. The summed E-state index contributed by atoms with van der Waals surface area (Å²) in [7, 11) is 0. The second-order valence-electron chi connectivity index (χ2n) is 7.59. The van der Waals surface area contributed by atoms with Crippen LogP contribution in [0.4, 0.5) is 0 Å². The van der Waals surface area contributed by atoms with E-state index in [1.54, 1.807) is 0 Å². The summed E-state index contributed by atoms with van der Waals surface area (Å²) < 4.78 is 0. The molecule has 4 rings (SSSR count). The van der Waals surface area contributed by atoms with Crippen LogP contribution in [0, 0.1) is 29.6 Å². The molecule has 0 amide bonds. The van der Waals surface area contributed by atoms with Gasteiger partial charge in [0.2, 0.25) is 0 Å². The van der Waals surface area contributed by atoms with Crippen LogP contribution >= 0.6 is 0 Å². The van der Waals surface area contributed by atoms with Crippen LogP contribution in [0.5, 0.6) is 0 Å². The fraction of sp³-hybridized carbons (Fsp3) is 0.933. The van der Waals surface area contributed by atoms with Gasteiger partial charge in [0.25, 0.3) is 0 Å². The Hall–Kier alpha value is -0.610. The molecule has 0 aromatic carbocycles. The summed E-state index contributed by atoms with van der Waals surface area (Å²) in [6, 6.07) is 0. The van der Waals surface area contributed by atoms with Crippen molar-refractivity contribution in [2.45, 2.75) is 57.2 Å². The number of carboxylic acids is 1. The minimum atomic E-state index is -2.02. The molecule has 0 saturated heterocycles. The molecule has 1 unspecified atom stereocenters.